The molecule has 2 aromatic rings. The van der Waals surface area contributed by atoms with Crippen molar-refractivity contribution in [1.82, 2.24) is 5.32 Å². The van der Waals surface area contributed by atoms with Gasteiger partial charge in [0.15, 0.2) is 0 Å². The van der Waals surface area contributed by atoms with Crippen LogP contribution in [0.15, 0.2) is 35.7 Å². The van der Waals surface area contributed by atoms with Crippen molar-refractivity contribution in [1.29, 1.82) is 0 Å². The largest absolute Gasteiger partial charge is 0.399 e. The first-order chi connectivity index (χ1) is 8.25. The van der Waals surface area contributed by atoms with Gasteiger partial charge in [-0.25, -0.2) is 0 Å². The summed E-state index contributed by atoms with van der Waals surface area (Å²) in [6.07, 6.45) is 1.05. The SMILES string of the molecule is Cc1ccsc1CNCCc1ccc(N)cc1. The Labute approximate surface area is 106 Å². The zero-order chi connectivity index (χ0) is 12.1. The quantitative estimate of drug-likeness (QED) is 0.629. The van der Waals surface area contributed by atoms with E-state index in [2.05, 4.69) is 35.8 Å². The van der Waals surface area contributed by atoms with Crippen LogP contribution in [-0.4, -0.2) is 6.54 Å². The van der Waals surface area contributed by atoms with Crippen LogP contribution in [-0.2, 0) is 13.0 Å². The Balaban J connectivity index is 1.73. The van der Waals surface area contributed by atoms with Gasteiger partial charge in [-0.2, -0.15) is 0 Å². The summed E-state index contributed by atoms with van der Waals surface area (Å²) in [5, 5.41) is 5.62. The van der Waals surface area contributed by atoms with E-state index < -0.39 is 0 Å². The molecule has 1 heterocycles. The molecule has 1 aromatic carbocycles. The first-order valence-electron chi connectivity index (χ1n) is 5.84. The van der Waals surface area contributed by atoms with Crippen molar-refractivity contribution in [2.75, 3.05) is 12.3 Å². The average Bonchev–Trinajstić information content (AvgIpc) is 2.73. The molecule has 0 amide bonds. The van der Waals surface area contributed by atoms with E-state index in [9.17, 15) is 0 Å². The second-order valence-electron chi connectivity index (χ2n) is 4.20. The molecule has 1 aromatic heterocycles. The fourth-order valence-electron chi connectivity index (χ4n) is 1.70. The maximum Gasteiger partial charge on any atom is 0.0314 e. The van der Waals surface area contributed by atoms with E-state index >= 15 is 0 Å². The molecule has 2 nitrogen and oxygen atoms in total. The van der Waals surface area contributed by atoms with Gasteiger partial charge >= 0.3 is 0 Å². The minimum Gasteiger partial charge on any atom is -0.399 e. The smallest absolute Gasteiger partial charge is 0.0314 e. The summed E-state index contributed by atoms with van der Waals surface area (Å²) in [6, 6.07) is 10.3. The molecule has 0 atom stereocenters. The van der Waals surface area contributed by atoms with Crippen molar-refractivity contribution in [3.63, 3.8) is 0 Å². The van der Waals surface area contributed by atoms with Gasteiger partial charge in [-0.05, 0) is 54.6 Å². The number of nitrogens with two attached hydrogens (primary N) is 1. The number of hydrogen-bond donors (Lipinski definition) is 2. The Morgan fingerprint density at radius 3 is 2.59 bits per heavy atom. The summed E-state index contributed by atoms with van der Waals surface area (Å²) in [4.78, 5) is 1.43. The fraction of sp³-hybridized carbons (Fsp3) is 0.286. The first-order valence-corrected chi connectivity index (χ1v) is 6.72. The third-order valence-corrected chi connectivity index (χ3v) is 3.85. The van der Waals surface area contributed by atoms with Gasteiger partial charge in [-0.3, -0.25) is 0 Å². The summed E-state index contributed by atoms with van der Waals surface area (Å²) in [6.45, 7) is 4.13. The molecule has 0 unspecified atom stereocenters. The molecule has 0 aliphatic rings. The van der Waals surface area contributed by atoms with Crippen molar-refractivity contribution in [3.8, 4) is 0 Å². The molecular formula is C14H18N2S. The van der Waals surface area contributed by atoms with Crippen LogP contribution in [0, 0.1) is 6.92 Å². The van der Waals surface area contributed by atoms with Crippen LogP contribution in [0.2, 0.25) is 0 Å². The molecule has 0 radical (unpaired) electrons. The van der Waals surface area contributed by atoms with Gasteiger partial charge < -0.3 is 11.1 Å². The van der Waals surface area contributed by atoms with Gasteiger partial charge in [0.05, 0.1) is 0 Å². The zero-order valence-corrected chi connectivity index (χ0v) is 10.9. The lowest BCUT2D eigenvalue weighted by Crippen LogP contribution is -2.16. The summed E-state index contributed by atoms with van der Waals surface area (Å²) < 4.78 is 0. The second-order valence-corrected chi connectivity index (χ2v) is 5.20. The van der Waals surface area contributed by atoms with E-state index in [0.717, 1.165) is 25.2 Å². The van der Waals surface area contributed by atoms with Gasteiger partial charge in [-0.15, -0.1) is 11.3 Å². The van der Waals surface area contributed by atoms with Crippen LogP contribution >= 0.6 is 11.3 Å². The van der Waals surface area contributed by atoms with Gasteiger partial charge in [0, 0.05) is 17.1 Å². The molecule has 3 heteroatoms. The average molecular weight is 246 g/mol. The number of anilines is 1. The fourth-order valence-corrected chi connectivity index (χ4v) is 2.58. The maximum absolute atomic E-state index is 5.65. The van der Waals surface area contributed by atoms with Crippen LogP contribution in [0.3, 0.4) is 0 Å². The highest BCUT2D eigenvalue weighted by Gasteiger charge is 1.98. The molecule has 90 valence electrons. The van der Waals surface area contributed by atoms with E-state index in [1.165, 1.54) is 16.0 Å². The number of nitrogens with one attached hydrogen (secondary N) is 1. The molecule has 0 aliphatic heterocycles. The second kappa shape index (κ2) is 5.84. The Kier molecular flexibility index (Phi) is 4.18. The lowest BCUT2D eigenvalue weighted by molar-refractivity contribution is 0.692. The van der Waals surface area contributed by atoms with Crippen molar-refractivity contribution < 1.29 is 0 Å². The molecule has 0 saturated carbocycles. The third-order valence-electron chi connectivity index (χ3n) is 2.82. The highest BCUT2D eigenvalue weighted by molar-refractivity contribution is 7.10. The lowest BCUT2D eigenvalue weighted by Gasteiger charge is -2.05. The van der Waals surface area contributed by atoms with E-state index in [-0.39, 0.29) is 0 Å². The van der Waals surface area contributed by atoms with Gasteiger partial charge in [0.1, 0.15) is 0 Å². The molecule has 0 saturated heterocycles. The predicted octanol–water partition coefficient (Wildman–Crippen LogP) is 2.97. The highest BCUT2D eigenvalue weighted by atomic mass is 32.1. The summed E-state index contributed by atoms with van der Waals surface area (Å²) in [7, 11) is 0. The van der Waals surface area contributed by atoms with Crippen LogP contribution in [0.4, 0.5) is 5.69 Å². The van der Waals surface area contributed by atoms with E-state index in [0.29, 0.717) is 0 Å². The third kappa shape index (κ3) is 3.58. The van der Waals surface area contributed by atoms with E-state index in [1.807, 2.05) is 23.5 Å². The van der Waals surface area contributed by atoms with Crippen molar-refractivity contribution >= 4 is 17.0 Å². The van der Waals surface area contributed by atoms with Crippen LogP contribution in [0.1, 0.15) is 16.0 Å². The van der Waals surface area contributed by atoms with Crippen LogP contribution in [0.25, 0.3) is 0 Å². The minimum absolute atomic E-state index is 0.830. The van der Waals surface area contributed by atoms with Crippen LogP contribution in [0.5, 0.6) is 0 Å². The van der Waals surface area contributed by atoms with E-state index in [1.54, 1.807) is 0 Å². The molecule has 0 aliphatic carbocycles. The van der Waals surface area contributed by atoms with Crippen molar-refractivity contribution in [2.24, 2.45) is 0 Å². The van der Waals surface area contributed by atoms with Crippen molar-refractivity contribution in [2.45, 2.75) is 19.9 Å². The lowest BCUT2D eigenvalue weighted by atomic mass is 10.1. The number of benzene rings is 1. The van der Waals surface area contributed by atoms with E-state index in [4.69, 9.17) is 5.73 Å². The molecule has 0 bridgehead atoms. The zero-order valence-electron chi connectivity index (χ0n) is 10.1. The van der Waals surface area contributed by atoms with Crippen molar-refractivity contribution in [3.05, 3.63) is 51.7 Å². The normalized spacial score (nSPS) is 10.6. The Morgan fingerprint density at radius 2 is 1.94 bits per heavy atom. The Hall–Kier alpha value is -1.32. The monoisotopic (exact) mass is 246 g/mol. The number of aryl methyl sites for hydroxylation is 1. The number of thiophene rings is 1. The van der Waals surface area contributed by atoms with Gasteiger partial charge in [-0.1, -0.05) is 12.1 Å². The molecule has 3 N–H and O–H groups in total. The number of nitrogen functional groups attached to an aromatic ring is 1. The molecule has 0 spiro atoms. The minimum atomic E-state index is 0.830. The Bertz CT molecular complexity index is 459. The maximum atomic E-state index is 5.65. The van der Waals surface area contributed by atoms with Gasteiger partial charge in [0.2, 0.25) is 0 Å². The van der Waals surface area contributed by atoms with Crippen LogP contribution < -0.4 is 11.1 Å². The predicted molar refractivity (Wildman–Crippen MR) is 75.3 cm³/mol. The number of rotatable bonds is 5. The summed E-state index contributed by atoms with van der Waals surface area (Å²) in [5.74, 6) is 0. The topological polar surface area (TPSA) is 38.0 Å². The molecular weight excluding hydrogens is 228 g/mol. The molecule has 2 rings (SSSR count). The standard InChI is InChI=1S/C14H18N2S/c1-11-7-9-17-14(11)10-16-8-6-12-2-4-13(15)5-3-12/h2-5,7,9,16H,6,8,10,15H2,1H3. The molecule has 17 heavy (non-hydrogen) atoms. The van der Waals surface area contributed by atoms with Gasteiger partial charge in [0.25, 0.3) is 0 Å². The first kappa shape index (κ1) is 12.1. The highest BCUT2D eigenvalue weighted by Crippen LogP contribution is 2.14. The summed E-state index contributed by atoms with van der Waals surface area (Å²) in [5.41, 5.74) is 9.19. The number of hydrogen-bond acceptors (Lipinski definition) is 3. The Morgan fingerprint density at radius 1 is 1.18 bits per heavy atom. The molecule has 0 fully saturated rings. The summed E-state index contributed by atoms with van der Waals surface area (Å²) >= 11 is 1.82.